The molecule has 0 radical (unpaired) electrons. The summed E-state index contributed by atoms with van der Waals surface area (Å²) in [5.41, 5.74) is -3.72. The largest absolute Gasteiger partial charge is 0.446 e. The second-order valence-corrected chi connectivity index (χ2v) is 5.37. The summed E-state index contributed by atoms with van der Waals surface area (Å²) >= 11 is 8.38. The Bertz CT molecular complexity index is 437. The number of carbonyl (C=O) groups is 1. The van der Waals surface area contributed by atoms with E-state index in [1.165, 1.54) is 18.2 Å². The van der Waals surface area contributed by atoms with Gasteiger partial charge < -0.3 is 0 Å². The summed E-state index contributed by atoms with van der Waals surface area (Å²) < 4.78 is 37.1. The van der Waals surface area contributed by atoms with Gasteiger partial charge in [0.1, 0.15) is 0 Å². The number of Topliss-reactive ketones (excluding diaryl/α,β-unsaturated/α-hetero) is 1. The molecule has 0 unspecified atom stereocenters. The molecule has 0 aliphatic carbocycles. The van der Waals surface area contributed by atoms with Crippen molar-refractivity contribution in [3.63, 3.8) is 0 Å². The molecule has 0 aromatic heterocycles. The van der Waals surface area contributed by atoms with Gasteiger partial charge in [0.25, 0.3) is 0 Å². The van der Waals surface area contributed by atoms with Crippen LogP contribution in [0.1, 0.15) is 22.3 Å². The van der Waals surface area contributed by atoms with Crippen molar-refractivity contribution in [2.45, 2.75) is 22.2 Å². The fraction of sp³-hybridized carbons (Fsp3) is 0.364. The zero-order chi connectivity index (χ0) is 13.8. The maximum absolute atomic E-state index is 12.4. The second-order valence-electron chi connectivity index (χ2n) is 3.33. The van der Waals surface area contributed by atoms with Crippen LogP contribution in [0.3, 0.4) is 0 Å². The van der Waals surface area contributed by atoms with E-state index in [-0.39, 0.29) is 40.1 Å². The molecule has 1 aromatic rings. The Morgan fingerprint density at radius 2 is 2.06 bits per heavy atom. The van der Waals surface area contributed by atoms with Crippen LogP contribution in [0, 0.1) is 0 Å². The van der Waals surface area contributed by atoms with E-state index in [1.807, 2.05) is 0 Å². The normalized spacial score (nSPS) is 11.6. The average Bonchev–Trinajstić information content (AvgIpc) is 2.27. The predicted molar refractivity (Wildman–Crippen MR) is 70.7 cm³/mol. The van der Waals surface area contributed by atoms with Crippen LogP contribution in [0.2, 0.25) is 0 Å². The number of halogens is 5. The Labute approximate surface area is 120 Å². The lowest BCUT2D eigenvalue weighted by molar-refractivity contribution is -0.0328. The summed E-state index contributed by atoms with van der Waals surface area (Å²) in [6.45, 7) is 0. The van der Waals surface area contributed by atoms with E-state index in [4.69, 9.17) is 11.6 Å². The first-order chi connectivity index (χ1) is 8.39. The molecular formula is C11H9BrClF3OS. The molecule has 0 saturated heterocycles. The minimum absolute atomic E-state index is 0.0415. The number of alkyl halides is 5. The number of hydrogen-bond acceptors (Lipinski definition) is 2. The molecule has 0 amide bonds. The number of thioether (sulfide) groups is 1. The van der Waals surface area contributed by atoms with Crippen LogP contribution < -0.4 is 0 Å². The van der Waals surface area contributed by atoms with Crippen LogP contribution in [0.4, 0.5) is 13.2 Å². The molecular weight excluding hydrogens is 353 g/mol. The van der Waals surface area contributed by atoms with Crippen molar-refractivity contribution in [3.05, 3.63) is 29.3 Å². The van der Waals surface area contributed by atoms with E-state index in [2.05, 4.69) is 15.9 Å². The first-order valence-electron chi connectivity index (χ1n) is 4.91. The van der Waals surface area contributed by atoms with Gasteiger partial charge in [-0.3, -0.25) is 4.79 Å². The molecule has 0 aliphatic rings. The van der Waals surface area contributed by atoms with Crippen LogP contribution in [0.25, 0.3) is 0 Å². The summed E-state index contributed by atoms with van der Waals surface area (Å²) in [7, 11) is 0. The summed E-state index contributed by atoms with van der Waals surface area (Å²) in [5, 5.41) is 0.190. The summed E-state index contributed by atoms with van der Waals surface area (Å²) in [6, 6.07) is 4.32. The third-order valence-electron chi connectivity index (χ3n) is 2.11. The van der Waals surface area contributed by atoms with E-state index in [0.717, 1.165) is 0 Å². The third-order valence-corrected chi connectivity index (χ3v) is 3.70. The van der Waals surface area contributed by atoms with Gasteiger partial charge in [0.05, 0.1) is 0 Å². The molecule has 0 fully saturated rings. The Balaban J connectivity index is 3.14. The maximum atomic E-state index is 12.4. The minimum atomic E-state index is -4.37. The lowest BCUT2D eigenvalue weighted by Gasteiger charge is -2.12. The Kier molecular flexibility index (Phi) is 6.01. The summed E-state index contributed by atoms with van der Waals surface area (Å²) in [5.74, 6) is -0.0962. The molecule has 1 aromatic carbocycles. The number of carbonyl (C=O) groups excluding carboxylic acids is 1. The molecule has 0 spiro atoms. The van der Waals surface area contributed by atoms with Crippen molar-refractivity contribution in [3.8, 4) is 0 Å². The maximum Gasteiger partial charge on any atom is 0.446 e. The van der Waals surface area contributed by atoms with Gasteiger partial charge in [-0.2, -0.15) is 13.2 Å². The molecule has 0 heterocycles. The van der Waals surface area contributed by atoms with E-state index >= 15 is 0 Å². The number of benzene rings is 1. The van der Waals surface area contributed by atoms with Gasteiger partial charge in [0.2, 0.25) is 0 Å². The van der Waals surface area contributed by atoms with Gasteiger partial charge in [0.15, 0.2) is 5.78 Å². The summed E-state index contributed by atoms with van der Waals surface area (Å²) in [6.07, 6.45) is 0.113. The molecule has 1 rings (SSSR count). The first kappa shape index (κ1) is 15.9. The molecule has 0 N–H and O–H groups in total. The molecule has 1 nitrogen and oxygen atoms in total. The standard InChI is InChI=1S/C11H9BrClF3OS/c12-6-8-7(9(17)4-5-13)2-1-3-10(8)18-11(14,15)16/h1-3H,4-6H2. The van der Waals surface area contributed by atoms with E-state index in [9.17, 15) is 18.0 Å². The molecule has 0 saturated carbocycles. The highest BCUT2D eigenvalue weighted by atomic mass is 79.9. The molecule has 0 aliphatic heterocycles. The lowest BCUT2D eigenvalue weighted by atomic mass is 10.0. The number of rotatable bonds is 5. The Hall–Kier alpha value is -0.200. The Morgan fingerprint density at radius 1 is 1.39 bits per heavy atom. The predicted octanol–water partition coefficient (Wildman–Crippen LogP) is 5.01. The molecule has 100 valence electrons. The highest BCUT2D eigenvalue weighted by molar-refractivity contribution is 9.08. The van der Waals surface area contributed by atoms with Crippen molar-refractivity contribution in [2.75, 3.05) is 5.88 Å². The SMILES string of the molecule is O=C(CCCl)c1cccc(SC(F)(F)F)c1CBr. The minimum Gasteiger partial charge on any atom is -0.294 e. The summed E-state index contributed by atoms with van der Waals surface area (Å²) in [4.78, 5) is 11.8. The van der Waals surface area contributed by atoms with Crippen LogP contribution in [-0.4, -0.2) is 17.2 Å². The molecule has 0 atom stereocenters. The highest BCUT2D eigenvalue weighted by Gasteiger charge is 2.31. The number of ketones is 1. The zero-order valence-electron chi connectivity index (χ0n) is 9.06. The highest BCUT2D eigenvalue weighted by Crippen LogP contribution is 2.40. The van der Waals surface area contributed by atoms with Gasteiger partial charge in [-0.1, -0.05) is 28.1 Å². The number of hydrogen-bond donors (Lipinski definition) is 0. The fourth-order valence-corrected chi connectivity index (χ4v) is 3.07. The fourth-order valence-electron chi connectivity index (χ4n) is 1.41. The van der Waals surface area contributed by atoms with Crippen molar-refractivity contribution in [2.24, 2.45) is 0 Å². The molecule has 0 bridgehead atoms. The topological polar surface area (TPSA) is 17.1 Å². The van der Waals surface area contributed by atoms with Crippen LogP contribution in [-0.2, 0) is 5.33 Å². The van der Waals surface area contributed by atoms with E-state index in [0.29, 0.717) is 11.1 Å². The third kappa shape index (κ3) is 4.48. The van der Waals surface area contributed by atoms with Gasteiger partial charge >= 0.3 is 5.51 Å². The van der Waals surface area contributed by atoms with Crippen LogP contribution >= 0.6 is 39.3 Å². The van der Waals surface area contributed by atoms with Gasteiger partial charge in [-0.15, -0.1) is 11.6 Å². The van der Waals surface area contributed by atoms with Crippen molar-refractivity contribution in [1.82, 2.24) is 0 Å². The van der Waals surface area contributed by atoms with Crippen LogP contribution in [0.15, 0.2) is 23.1 Å². The van der Waals surface area contributed by atoms with Gasteiger partial charge in [-0.25, -0.2) is 0 Å². The molecule has 18 heavy (non-hydrogen) atoms. The van der Waals surface area contributed by atoms with E-state index < -0.39 is 5.51 Å². The van der Waals surface area contributed by atoms with Crippen molar-refractivity contribution >= 4 is 45.1 Å². The lowest BCUT2D eigenvalue weighted by Crippen LogP contribution is -2.07. The Morgan fingerprint density at radius 3 is 2.56 bits per heavy atom. The first-order valence-corrected chi connectivity index (χ1v) is 7.39. The monoisotopic (exact) mass is 360 g/mol. The average molecular weight is 362 g/mol. The van der Waals surface area contributed by atoms with Gasteiger partial charge in [0, 0.05) is 28.1 Å². The second kappa shape index (κ2) is 6.82. The van der Waals surface area contributed by atoms with E-state index in [1.54, 1.807) is 0 Å². The van der Waals surface area contributed by atoms with Crippen molar-refractivity contribution in [1.29, 1.82) is 0 Å². The quantitative estimate of drug-likeness (QED) is 0.417. The van der Waals surface area contributed by atoms with Crippen LogP contribution in [0.5, 0.6) is 0 Å². The molecule has 7 heteroatoms. The smallest absolute Gasteiger partial charge is 0.294 e. The zero-order valence-corrected chi connectivity index (χ0v) is 12.2. The van der Waals surface area contributed by atoms with Crippen molar-refractivity contribution < 1.29 is 18.0 Å². The van der Waals surface area contributed by atoms with Gasteiger partial charge in [-0.05, 0) is 23.4 Å².